The van der Waals surface area contributed by atoms with Crippen LogP contribution >= 0.6 is 0 Å². The maximum Gasteiger partial charge on any atom is 0.0708 e. The number of nitrogens with zero attached hydrogens (tertiary/aromatic N) is 1. The van der Waals surface area contributed by atoms with Crippen LogP contribution < -0.4 is 0 Å². The van der Waals surface area contributed by atoms with E-state index in [0.29, 0.717) is 0 Å². The molecule has 1 aromatic carbocycles. The van der Waals surface area contributed by atoms with Gasteiger partial charge in [0.2, 0.25) is 0 Å². The second kappa shape index (κ2) is 4.68. The van der Waals surface area contributed by atoms with Crippen molar-refractivity contribution in [1.82, 2.24) is 4.98 Å². The van der Waals surface area contributed by atoms with E-state index in [9.17, 15) is 0 Å². The molecule has 2 atom stereocenters. The summed E-state index contributed by atoms with van der Waals surface area (Å²) in [5, 5.41) is 0. The molecule has 6 rings (SSSR count). The van der Waals surface area contributed by atoms with Crippen LogP contribution in [0.25, 0.3) is 11.3 Å². The van der Waals surface area contributed by atoms with Crippen LogP contribution in [0.5, 0.6) is 0 Å². The van der Waals surface area contributed by atoms with Crippen LogP contribution in [0.3, 0.4) is 0 Å². The molecule has 0 radical (unpaired) electrons. The Morgan fingerprint density at radius 3 is 2.27 bits per heavy atom. The smallest absolute Gasteiger partial charge is 0.0708 e. The van der Waals surface area contributed by atoms with E-state index in [-0.39, 0.29) is 0 Å². The predicted molar refractivity (Wildman–Crippen MR) is 90.0 cm³/mol. The third kappa shape index (κ3) is 1.87. The minimum atomic E-state index is 0.795. The van der Waals surface area contributed by atoms with Gasteiger partial charge >= 0.3 is 0 Å². The van der Waals surface area contributed by atoms with Gasteiger partial charge in [0.05, 0.1) is 5.69 Å². The number of benzene rings is 1. The van der Waals surface area contributed by atoms with Crippen LogP contribution in [0.15, 0.2) is 36.4 Å². The molecule has 1 aromatic heterocycles. The molecule has 1 heteroatoms. The molecule has 1 heterocycles. The van der Waals surface area contributed by atoms with Gasteiger partial charge < -0.3 is 0 Å². The van der Waals surface area contributed by atoms with E-state index in [1.165, 1.54) is 49.1 Å². The molecule has 4 aliphatic rings. The number of pyridine rings is 1. The summed E-state index contributed by atoms with van der Waals surface area (Å²) in [6.07, 6.45) is 7.20. The highest BCUT2D eigenvalue weighted by atomic mass is 14.7. The molecule has 2 unspecified atom stereocenters. The molecule has 2 aromatic rings. The summed E-state index contributed by atoms with van der Waals surface area (Å²) in [4.78, 5) is 5.00. The second-order valence-corrected chi connectivity index (χ2v) is 7.77. The quantitative estimate of drug-likeness (QED) is 0.680. The molecule has 0 amide bonds. The first-order valence-corrected chi connectivity index (χ1v) is 8.85. The largest absolute Gasteiger partial charge is 0.253 e. The fourth-order valence-electron chi connectivity index (χ4n) is 5.67. The molecule has 2 fully saturated rings. The average Bonchev–Trinajstić information content (AvgIpc) is 2.70. The van der Waals surface area contributed by atoms with E-state index in [1.807, 2.05) is 0 Å². The van der Waals surface area contributed by atoms with Crippen molar-refractivity contribution in [1.29, 1.82) is 0 Å². The number of aryl methyl sites for hydroxylation is 1. The van der Waals surface area contributed by atoms with Gasteiger partial charge in [-0.15, -0.1) is 0 Å². The van der Waals surface area contributed by atoms with Gasteiger partial charge in [0.15, 0.2) is 0 Å². The van der Waals surface area contributed by atoms with Crippen LogP contribution in [0.1, 0.15) is 60.8 Å². The van der Waals surface area contributed by atoms with Gasteiger partial charge in [-0.05, 0) is 79.9 Å². The van der Waals surface area contributed by atoms with Crippen molar-refractivity contribution in [2.24, 2.45) is 11.8 Å². The fraction of sp³-hybridized carbons (Fsp3) is 0.476. The highest BCUT2D eigenvalue weighted by Gasteiger charge is 2.42. The van der Waals surface area contributed by atoms with E-state index in [4.69, 9.17) is 4.98 Å². The van der Waals surface area contributed by atoms with E-state index in [2.05, 4.69) is 43.3 Å². The van der Waals surface area contributed by atoms with Crippen LogP contribution in [-0.2, 0) is 0 Å². The fourth-order valence-corrected chi connectivity index (χ4v) is 5.67. The summed E-state index contributed by atoms with van der Waals surface area (Å²) in [6.45, 7) is 2.25. The average molecular weight is 289 g/mol. The molecule has 2 saturated carbocycles. The van der Waals surface area contributed by atoms with Gasteiger partial charge in [0.25, 0.3) is 0 Å². The Bertz CT molecular complexity index is 704. The number of hydrogen-bond acceptors (Lipinski definition) is 1. The van der Waals surface area contributed by atoms with Crippen molar-refractivity contribution in [3.63, 3.8) is 0 Å². The lowest BCUT2D eigenvalue weighted by Crippen LogP contribution is -2.25. The van der Waals surface area contributed by atoms with Gasteiger partial charge in [-0.2, -0.15) is 0 Å². The van der Waals surface area contributed by atoms with Gasteiger partial charge in [-0.25, -0.2) is 0 Å². The molecule has 0 N–H and O–H groups in total. The highest BCUT2D eigenvalue weighted by molar-refractivity contribution is 5.62. The third-order valence-corrected chi connectivity index (χ3v) is 6.34. The Balaban J connectivity index is 1.69. The normalized spacial score (nSPS) is 31.9. The summed E-state index contributed by atoms with van der Waals surface area (Å²) in [5.41, 5.74) is 7.03. The molecule has 0 saturated heterocycles. The highest BCUT2D eigenvalue weighted by Crippen LogP contribution is 2.56. The molecule has 4 bridgehead atoms. The van der Waals surface area contributed by atoms with E-state index >= 15 is 0 Å². The zero-order chi connectivity index (χ0) is 14.7. The lowest BCUT2D eigenvalue weighted by atomic mass is 9.67. The topological polar surface area (TPSA) is 12.9 Å². The van der Waals surface area contributed by atoms with Crippen LogP contribution in [-0.4, -0.2) is 4.98 Å². The Kier molecular flexibility index (Phi) is 2.74. The first kappa shape index (κ1) is 12.9. The Labute approximate surface area is 132 Å². The van der Waals surface area contributed by atoms with Gasteiger partial charge in [-0.3, -0.25) is 4.98 Å². The molecule has 0 aliphatic heterocycles. The SMILES string of the molecule is Cc1nc(-c2ccccc2)cc2c1C1CC3CC(CC2C3)C1. The first-order chi connectivity index (χ1) is 10.8. The van der Waals surface area contributed by atoms with Gasteiger partial charge in [0.1, 0.15) is 0 Å². The molecule has 0 spiro atoms. The van der Waals surface area contributed by atoms with E-state index in [0.717, 1.165) is 23.7 Å². The lowest BCUT2D eigenvalue weighted by Gasteiger charge is -2.38. The standard InChI is InChI=1S/C21H23N/c1-13-21-18-10-14-7-15(11-18)9-17(8-14)19(21)12-20(22-13)16-5-3-2-4-6-16/h2-6,12,14-15,17-18H,7-11H2,1H3. The second-order valence-electron chi connectivity index (χ2n) is 7.77. The minimum absolute atomic E-state index is 0.795. The Hall–Kier alpha value is -1.63. The van der Waals surface area contributed by atoms with Gasteiger partial charge in [-0.1, -0.05) is 30.3 Å². The molecule has 1 nitrogen and oxygen atoms in total. The van der Waals surface area contributed by atoms with Crippen molar-refractivity contribution in [3.05, 3.63) is 53.2 Å². The first-order valence-electron chi connectivity index (χ1n) is 8.85. The Morgan fingerprint density at radius 2 is 1.55 bits per heavy atom. The molecule has 112 valence electrons. The van der Waals surface area contributed by atoms with Crippen molar-refractivity contribution < 1.29 is 0 Å². The summed E-state index contributed by atoms with van der Waals surface area (Å²) >= 11 is 0. The summed E-state index contributed by atoms with van der Waals surface area (Å²) < 4.78 is 0. The molecular weight excluding hydrogens is 266 g/mol. The molecular formula is C21H23N. The minimum Gasteiger partial charge on any atom is -0.253 e. The predicted octanol–water partition coefficient (Wildman–Crippen LogP) is 5.45. The Morgan fingerprint density at radius 1 is 0.864 bits per heavy atom. The van der Waals surface area contributed by atoms with Crippen molar-refractivity contribution in [2.75, 3.05) is 0 Å². The summed E-state index contributed by atoms with van der Waals surface area (Å²) in [7, 11) is 0. The van der Waals surface area contributed by atoms with Gasteiger partial charge in [0, 0.05) is 11.3 Å². The summed E-state index contributed by atoms with van der Waals surface area (Å²) in [6, 6.07) is 13.1. The lowest BCUT2D eigenvalue weighted by molar-refractivity contribution is 0.165. The van der Waals surface area contributed by atoms with Crippen LogP contribution in [0.2, 0.25) is 0 Å². The molecule has 4 aliphatic carbocycles. The van der Waals surface area contributed by atoms with Crippen molar-refractivity contribution >= 4 is 0 Å². The number of aromatic nitrogens is 1. The summed E-state index contributed by atoms with van der Waals surface area (Å²) in [5.74, 6) is 3.56. The number of rotatable bonds is 1. The van der Waals surface area contributed by atoms with E-state index < -0.39 is 0 Å². The van der Waals surface area contributed by atoms with Crippen LogP contribution in [0, 0.1) is 18.8 Å². The monoisotopic (exact) mass is 289 g/mol. The maximum absolute atomic E-state index is 5.00. The molecule has 22 heavy (non-hydrogen) atoms. The van der Waals surface area contributed by atoms with Crippen LogP contribution in [0.4, 0.5) is 0 Å². The third-order valence-electron chi connectivity index (χ3n) is 6.34. The number of hydrogen-bond donors (Lipinski definition) is 0. The van der Waals surface area contributed by atoms with Crippen molar-refractivity contribution in [2.45, 2.75) is 50.9 Å². The van der Waals surface area contributed by atoms with Crippen molar-refractivity contribution in [3.8, 4) is 11.3 Å². The zero-order valence-electron chi connectivity index (χ0n) is 13.3. The zero-order valence-corrected chi connectivity index (χ0v) is 13.3. The van der Waals surface area contributed by atoms with E-state index in [1.54, 1.807) is 11.1 Å². The maximum atomic E-state index is 5.00.